The van der Waals surface area contributed by atoms with E-state index in [9.17, 15) is 18.0 Å². The second-order valence-electron chi connectivity index (χ2n) is 6.24. The number of rotatable bonds is 5. The van der Waals surface area contributed by atoms with E-state index in [0.717, 1.165) is 11.4 Å². The van der Waals surface area contributed by atoms with Crippen LogP contribution in [0.5, 0.6) is 0 Å². The normalized spacial score (nSPS) is 15.4. The first-order chi connectivity index (χ1) is 13.3. The van der Waals surface area contributed by atoms with Gasteiger partial charge in [-0.1, -0.05) is 18.3 Å². The summed E-state index contributed by atoms with van der Waals surface area (Å²) in [5, 5.41) is 11.7. The summed E-state index contributed by atoms with van der Waals surface area (Å²) in [7, 11) is -3.67. The number of aryl methyl sites for hydroxylation is 1. The summed E-state index contributed by atoms with van der Waals surface area (Å²) >= 11 is 1.30. The maximum Gasteiger partial charge on any atom is 0.257 e. The van der Waals surface area contributed by atoms with Crippen molar-refractivity contribution in [2.45, 2.75) is 25.2 Å². The summed E-state index contributed by atoms with van der Waals surface area (Å²) in [6.07, 6.45) is 0.737. The first-order valence-corrected chi connectivity index (χ1v) is 11.1. The van der Waals surface area contributed by atoms with E-state index in [1.165, 1.54) is 46.8 Å². The van der Waals surface area contributed by atoms with Gasteiger partial charge < -0.3 is 4.90 Å². The molecule has 1 aromatic heterocycles. The number of carbonyl (C=O) groups is 2. The molecule has 0 aliphatic carbocycles. The third-order valence-electron chi connectivity index (χ3n) is 4.43. The number of amides is 2. The van der Waals surface area contributed by atoms with Crippen molar-refractivity contribution < 1.29 is 18.0 Å². The lowest BCUT2D eigenvalue weighted by Crippen LogP contribution is -2.49. The Morgan fingerprint density at radius 2 is 1.75 bits per heavy atom. The minimum Gasteiger partial charge on any atom is -0.340 e. The SMILES string of the molecule is CCc1nnc(NC(=O)c2ccc(S(=O)(=O)N3CCN(C(C)=O)CC3)cc2)s1. The van der Waals surface area contributed by atoms with Crippen molar-refractivity contribution >= 4 is 38.3 Å². The molecule has 3 rings (SSSR count). The van der Waals surface area contributed by atoms with Gasteiger partial charge in [-0.05, 0) is 30.7 Å². The Balaban J connectivity index is 1.67. The predicted octanol–water partition coefficient (Wildman–Crippen LogP) is 1.21. The molecule has 1 aliphatic rings. The van der Waals surface area contributed by atoms with Crippen molar-refractivity contribution in [2.75, 3.05) is 31.5 Å². The van der Waals surface area contributed by atoms with E-state index >= 15 is 0 Å². The standard InChI is InChI=1S/C17H21N5O4S2/c1-3-15-19-20-17(27-15)18-16(24)13-4-6-14(7-5-13)28(25,26)22-10-8-21(9-11-22)12(2)23/h4-7H,3,8-11H2,1-2H3,(H,18,20,24). The third kappa shape index (κ3) is 4.37. The molecule has 28 heavy (non-hydrogen) atoms. The molecule has 2 amide bonds. The minimum atomic E-state index is -3.67. The van der Waals surface area contributed by atoms with Crippen LogP contribution >= 0.6 is 11.3 Å². The number of hydrogen-bond donors (Lipinski definition) is 1. The van der Waals surface area contributed by atoms with Crippen LogP contribution in [0.1, 0.15) is 29.2 Å². The second kappa shape index (κ2) is 8.33. The van der Waals surface area contributed by atoms with Gasteiger partial charge in [0.15, 0.2) is 0 Å². The molecule has 2 aromatic rings. The van der Waals surface area contributed by atoms with Crippen LogP contribution in [-0.4, -0.2) is 65.8 Å². The molecule has 1 aromatic carbocycles. The maximum atomic E-state index is 12.8. The number of nitrogens with zero attached hydrogens (tertiary/aromatic N) is 4. The first kappa shape index (κ1) is 20.4. The van der Waals surface area contributed by atoms with Crippen molar-refractivity contribution in [3.63, 3.8) is 0 Å². The fraction of sp³-hybridized carbons (Fsp3) is 0.412. The van der Waals surface area contributed by atoms with Crippen molar-refractivity contribution in [3.8, 4) is 0 Å². The highest BCUT2D eigenvalue weighted by Gasteiger charge is 2.29. The number of hydrogen-bond acceptors (Lipinski definition) is 7. The molecule has 9 nitrogen and oxygen atoms in total. The zero-order valence-electron chi connectivity index (χ0n) is 15.6. The molecule has 1 N–H and O–H groups in total. The zero-order valence-corrected chi connectivity index (χ0v) is 17.2. The molecule has 0 unspecified atom stereocenters. The molecule has 1 fully saturated rings. The number of anilines is 1. The molecule has 0 atom stereocenters. The van der Waals surface area contributed by atoms with Gasteiger partial charge in [0.1, 0.15) is 5.01 Å². The number of carbonyl (C=O) groups excluding carboxylic acids is 2. The van der Waals surface area contributed by atoms with Crippen LogP contribution in [-0.2, 0) is 21.2 Å². The average molecular weight is 424 g/mol. The maximum absolute atomic E-state index is 12.8. The molecule has 0 saturated carbocycles. The Morgan fingerprint density at radius 1 is 1.11 bits per heavy atom. The van der Waals surface area contributed by atoms with Gasteiger partial charge in [0.05, 0.1) is 4.90 Å². The van der Waals surface area contributed by atoms with Gasteiger partial charge in [0, 0.05) is 38.7 Å². The van der Waals surface area contributed by atoms with E-state index in [2.05, 4.69) is 15.5 Å². The highest BCUT2D eigenvalue weighted by molar-refractivity contribution is 7.89. The van der Waals surface area contributed by atoms with Gasteiger partial charge >= 0.3 is 0 Å². The van der Waals surface area contributed by atoms with E-state index in [1.54, 1.807) is 4.90 Å². The molecule has 1 saturated heterocycles. The van der Waals surface area contributed by atoms with Crippen LogP contribution in [0.2, 0.25) is 0 Å². The Kier molecular flexibility index (Phi) is 6.06. The van der Waals surface area contributed by atoms with Crippen molar-refractivity contribution in [1.82, 2.24) is 19.4 Å². The lowest BCUT2D eigenvalue weighted by molar-refractivity contribution is -0.129. The van der Waals surface area contributed by atoms with Gasteiger partial charge in [0.2, 0.25) is 21.1 Å². The average Bonchev–Trinajstić information content (AvgIpc) is 3.15. The van der Waals surface area contributed by atoms with Crippen molar-refractivity contribution in [2.24, 2.45) is 0 Å². The van der Waals surface area contributed by atoms with Crippen LogP contribution < -0.4 is 5.32 Å². The Labute approximate surface area is 167 Å². The highest BCUT2D eigenvalue weighted by Crippen LogP contribution is 2.20. The highest BCUT2D eigenvalue weighted by atomic mass is 32.2. The molecule has 0 spiro atoms. The smallest absolute Gasteiger partial charge is 0.257 e. The number of sulfonamides is 1. The van der Waals surface area contributed by atoms with E-state index in [1.807, 2.05) is 6.92 Å². The monoisotopic (exact) mass is 423 g/mol. The topological polar surface area (TPSA) is 113 Å². The summed E-state index contributed by atoms with van der Waals surface area (Å²) < 4.78 is 26.9. The van der Waals surface area contributed by atoms with Crippen LogP contribution in [0.4, 0.5) is 5.13 Å². The fourth-order valence-electron chi connectivity index (χ4n) is 2.79. The van der Waals surface area contributed by atoms with Gasteiger partial charge in [0.25, 0.3) is 5.91 Å². The van der Waals surface area contributed by atoms with E-state index in [0.29, 0.717) is 23.8 Å². The molecular weight excluding hydrogens is 402 g/mol. The lowest BCUT2D eigenvalue weighted by Gasteiger charge is -2.33. The lowest BCUT2D eigenvalue weighted by atomic mass is 10.2. The van der Waals surface area contributed by atoms with Crippen LogP contribution in [0.3, 0.4) is 0 Å². The summed E-state index contributed by atoms with van der Waals surface area (Å²) in [5.41, 5.74) is 0.327. The van der Waals surface area contributed by atoms with Crippen molar-refractivity contribution in [3.05, 3.63) is 34.8 Å². The molecule has 1 aliphatic heterocycles. The van der Waals surface area contributed by atoms with Crippen LogP contribution in [0.15, 0.2) is 29.2 Å². The fourth-order valence-corrected chi connectivity index (χ4v) is 4.88. The molecule has 0 radical (unpaired) electrons. The molecule has 11 heteroatoms. The number of aromatic nitrogens is 2. The number of benzene rings is 1. The molecule has 150 valence electrons. The summed E-state index contributed by atoms with van der Waals surface area (Å²) in [4.78, 5) is 25.4. The molecular formula is C17H21N5O4S2. The van der Waals surface area contributed by atoms with Gasteiger partial charge in [-0.15, -0.1) is 10.2 Å². The van der Waals surface area contributed by atoms with Gasteiger partial charge in [-0.2, -0.15) is 4.31 Å². The summed E-state index contributed by atoms with van der Waals surface area (Å²) in [6.45, 7) is 4.67. The Bertz CT molecular complexity index is 964. The van der Waals surface area contributed by atoms with E-state index < -0.39 is 10.0 Å². The Hall–Kier alpha value is -2.37. The second-order valence-corrected chi connectivity index (χ2v) is 9.24. The Morgan fingerprint density at radius 3 is 2.29 bits per heavy atom. The molecule has 2 heterocycles. The van der Waals surface area contributed by atoms with Gasteiger partial charge in [-0.25, -0.2) is 8.42 Å². The van der Waals surface area contributed by atoms with Crippen molar-refractivity contribution in [1.29, 1.82) is 0 Å². The summed E-state index contributed by atoms with van der Waals surface area (Å²) in [6, 6.07) is 5.77. The van der Waals surface area contributed by atoms with E-state index in [-0.39, 0.29) is 29.8 Å². The predicted molar refractivity (Wildman–Crippen MR) is 105 cm³/mol. The molecule has 0 bridgehead atoms. The number of nitrogens with one attached hydrogen (secondary N) is 1. The van der Waals surface area contributed by atoms with E-state index in [4.69, 9.17) is 0 Å². The third-order valence-corrected chi connectivity index (χ3v) is 7.32. The largest absolute Gasteiger partial charge is 0.340 e. The minimum absolute atomic E-state index is 0.0612. The first-order valence-electron chi connectivity index (χ1n) is 8.80. The van der Waals surface area contributed by atoms with Crippen LogP contribution in [0.25, 0.3) is 0 Å². The van der Waals surface area contributed by atoms with Crippen LogP contribution in [0, 0.1) is 0 Å². The zero-order chi connectivity index (χ0) is 20.3. The van der Waals surface area contributed by atoms with Gasteiger partial charge in [-0.3, -0.25) is 14.9 Å². The quantitative estimate of drug-likeness (QED) is 0.773. The number of piperazine rings is 1. The summed E-state index contributed by atoms with van der Waals surface area (Å²) in [5.74, 6) is -0.438.